The van der Waals surface area contributed by atoms with Crippen LogP contribution >= 0.6 is 0 Å². The normalized spacial score (nSPS) is 24.5. The van der Waals surface area contributed by atoms with Crippen LogP contribution in [0.1, 0.15) is 61.0 Å². The number of amides is 2. The number of benzene rings is 2. The molecule has 4 atom stereocenters. The lowest BCUT2D eigenvalue weighted by molar-refractivity contribution is -0.134. The number of aromatic nitrogens is 1. The van der Waals surface area contributed by atoms with Gasteiger partial charge in [-0.25, -0.2) is 8.78 Å². The van der Waals surface area contributed by atoms with Crippen molar-refractivity contribution in [3.63, 3.8) is 0 Å². The summed E-state index contributed by atoms with van der Waals surface area (Å²) in [6.07, 6.45) is 2.11. The van der Waals surface area contributed by atoms with Gasteiger partial charge in [0.2, 0.25) is 5.91 Å². The molecule has 1 aliphatic heterocycles. The summed E-state index contributed by atoms with van der Waals surface area (Å²) in [5, 5.41) is 3.41. The third-order valence-electron chi connectivity index (χ3n) is 9.54. The molecule has 3 aromatic rings. The largest absolute Gasteiger partial charge is 0.496 e. The zero-order valence-electron chi connectivity index (χ0n) is 25.2. The molecule has 1 spiro atoms. The Morgan fingerprint density at radius 2 is 1.89 bits per heavy atom. The lowest BCUT2D eigenvalue weighted by Gasteiger charge is -2.28. The zero-order chi connectivity index (χ0) is 31.8. The number of ketones is 2. The van der Waals surface area contributed by atoms with Crippen LogP contribution in [0.3, 0.4) is 0 Å². The summed E-state index contributed by atoms with van der Waals surface area (Å²) >= 11 is 0. The fourth-order valence-electron chi connectivity index (χ4n) is 6.85. The lowest BCUT2D eigenvalue weighted by Crippen LogP contribution is -2.52. The number of hydrogen-bond donors (Lipinski definition) is 2. The van der Waals surface area contributed by atoms with Crippen molar-refractivity contribution >= 4 is 34.3 Å². The third kappa shape index (κ3) is 6.22. The van der Waals surface area contributed by atoms with Gasteiger partial charge in [-0.3, -0.25) is 19.2 Å². The number of carbonyl (C=O) groups excluding carboxylic acids is 4. The summed E-state index contributed by atoms with van der Waals surface area (Å²) in [4.78, 5) is 58.0. The fraction of sp³-hybridized carbons (Fsp3) is 0.471. The summed E-state index contributed by atoms with van der Waals surface area (Å²) in [6.45, 7) is -0.399. The van der Waals surface area contributed by atoms with Crippen LogP contribution in [0.4, 0.5) is 8.78 Å². The van der Waals surface area contributed by atoms with E-state index in [1.807, 2.05) is 30.3 Å². The molecule has 0 bridgehead atoms. The molecule has 45 heavy (non-hydrogen) atoms. The van der Waals surface area contributed by atoms with Gasteiger partial charge in [0.25, 0.3) is 11.8 Å². The number of halogens is 2. The van der Waals surface area contributed by atoms with Crippen LogP contribution in [-0.4, -0.2) is 71.5 Å². The van der Waals surface area contributed by atoms with Crippen LogP contribution in [0.5, 0.6) is 5.75 Å². The topological polar surface area (TPSA) is 118 Å². The molecule has 1 saturated heterocycles. The Morgan fingerprint density at radius 3 is 2.60 bits per heavy atom. The van der Waals surface area contributed by atoms with Crippen LogP contribution in [0, 0.1) is 11.3 Å². The predicted octanol–water partition coefficient (Wildman–Crippen LogP) is 4.84. The Hall–Kier alpha value is -4.12. The fourth-order valence-corrected chi connectivity index (χ4v) is 6.85. The Morgan fingerprint density at radius 1 is 1.11 bits per heavy atom. The first kappa shape index (κ1) is 30.9. The van der Waals surface area contributed by atoms with Crippen LogP contribution in [-0.2, 0) is 25.7 Å². The van der Waals surface area contributed by atoms with E-state index in [1.165, 1.54) is 12.0 Å². The van der Waals surface area contributed by atoms with Gasteiger partial charge in [-0.1, -0.05) is 42.8 Å². The number of methoxy groups -OCH3 is 1. The Balaban J connectivity index is 1.22. The summed E-state index contributed by atoms with van der Waals surface area (Å²) < 4.78 is 40.4. The van der Waals surface area contributed by atoms with Gasteiger partial charge in [0.1, 0.15) is 29.9 Å². The van der Waals surface area contributed by atoms with Gasteiger partial charge in [0.15, 0.2) is 5.78 Å². The van der Waals surface area contributed by atoms with Gasteiger partial charge >= 0.3 is 0 Å². The number of rotatable bonds is 11. The molecule has 238 valence electrons. The minimum Gasteiger partial charge on any atom is -0.496 e. The minimum absolute atomic E-state index is 0.0435. The number of ether oxygens (including phenoxy) is 2. The molecule has 2 amide bonds. The van der Waals surface area contributed by atoms with E-state index >= 15 is 0 Å². The SMILES string of the molecule is COc1cccc2[nH]c(C(=O)N3CC4(CC3C(=O)NC(CC3CCCCC3=O)C(=O)COCc3ccccc3)CC4(F)F)cc12. The maximum absolute atomic E-state index is 14.7. The highest BCUT2D eigenvalue weighted by Crippen LogP contribution is 2.66. The van der Waals surface area contributed by atoms with Crippen LogP contribution in [0.25, 0.3) is 10.9 Å². The van der Waals surface area contributed by atoms with E-state index in [0.29, 0.717) is 29.5 Å². The zero-order valence-corrected chi connectivity index (χ0v) is 25.2. The monoisotopic (exact) mass is 621 g/mol. The van der Waals surface area contributed by atoms with Crippen molar-refractivity contribution in [1.82, 2.24) is 15.2 Å². The second kappa shape index (κ2) is 12.3. The van der Waals surface area contributed by atoms with Crippen molar-refractivity contribution in [3.8, 4) is 5.75 Å². The molecule has 2 N–H and O–H groups in total. The number of carbonyl (C=O) groups is 4. The van der Waals surface area contributed by atoms with Crippen molar-refractivity contribution in [2.75, 3.05) is 20.3 Å². The number of hydrogen-bond acceptors (Lipinski definition) is 6. The highest BCUT2D eigenvalue weighted by atomic mass is 19.3. The van der Waals surface area contributed by atoms with Gasteiger partial charge in [-0.2, -0.15) is 0 Å². The molecule has 9 nitrogen and oxygen atoms in total. The summed E-state index contributed by atoms with van der Waals surface area (Å²) in [7, 11) is 1.51. The van der Waals surface area contributed by atoms with E-state index in [1.54, 1.807) is 24.3 Å². The Kier molecular flexibility index (Phi) is 8.47. The van der Waals surface area contributed by atoms with Crippen molar-refractivity contribution < 1.29 is 37.4 Å². The van der Waals surface area contributed by atoms with E-state index in [0.717, 1.165) is 18.4 Å². The van der Waals surface area contributed by atoms with E-state index in [4.69, 9.17) is 9.47 Å². The van der Waals surface area contributed by atoms with Gasteiger partial charge in [0, 0.05) is 36.2 Å². The van der Waals surface area contributed by atoms with Crippen molar-refractivity contribution in [1.29, 1.82) is 0 Å². The van der Waals surface area contributed by atoms with Crippen LogP contribution in [0.15, 0.2) is 54.6 Å². The van der Waals surface area contributed by atoms with Gasteiger partial charge < -0.3 is 24.7 Å². The number of alkyl halides is 2. The quantitative estimate of drug-likeness (QED) is 0.317. The molecule has 6 rings (SSSR count). The van der Waals surface area contributed by atoms with E-state index < -0.39 is 53.4 Å². The number of aromatic amines is 1. The molecule has 2 heterocycles. The number of nitrogens with zero attached hydrogens (tertiary/aromatic N) is 1. The number of Topliss-reactive ketones (excluding diaryl/α,β-unsaturated/α-hetero) is 2. The molecule has 1 aromatic heterocycles. The van der Waals surface area contributed by atoms with Crippen LogP contribution in [0.2, 0.25) is 0 Å². The molecule has 3 aliphatic rings. The summed E-state index contributed by atoms with van der Waals surface area (Å²) in [5.74, 6) is -4.52. The average molecular weight is 622 g/mol. The minimum atomic E-state index is -3.00. The predicted molar refractivity (Wildman–Crippen MR) is 161 cm³/mol. The number of nitrogens with one attached hydrogen (secondary N) is 2. The first-order chi connectivity index (χ1) is 21.6. The summed E-state index contributed by atoms with van der Waals surface area (Å²) in [5.41, 5.74) is 0.149. The van der Waals surface area contributed by atoms with E-state index in [9.17, 15) is 28.0 Å². The van der Waals surface area contributed by atoms with Gasteiger partial charge in [-0.05, 0) is 49.4 Å². The molecule has 2 aliphatic carbocycles. The van der Waals surface area contributed by atoms with Crippen molar-refractivity contribution in [2.24, 2.45) is 11.3 Å². The number of H-pyrrole nitrogens is 1. The number of fused-ring (bicyclic) bond motifs is 1. The van der Waals surface area contributed by atoms with Gasteiger partial charge in [-0.15, -0.1) is 0 Å². The molecule has 2 aromatic carbocycles. The molecular weight excluding hydrogens is 584 g/mol. The first-order valence-corrected chi connectivity index (χ1v) is 15.4. The second-order valence-electron chi connectivity index (χ2n) is 12.6. The molecule has 4 unspecified atom stereocenters. The lowest BCUT2D eigenvalue weighted by atomic mass is 9.83. The highest BCUT2D eigenvalue weighted by Gasteiger charge is 2.75. The Bertz CT molecular complexity index is 1610. The van der Waals surface area contributed by atoms with Crippen LogP contribution < -0.4 is 10.1 Å². The maximum atomic E-state index is 14.7. The smallest absolute Gasteiger partial charge is 0.271 e. The van der Waals surface area contributed by atoms with Gasteiger partial charge in [0.05, 0.1) is 25.2 Å². The van der Waals surface area contributed by atoms with Crippen molar-refractivity contribution in [3.05, 3.63) is 65.9 Å². The average Bonchev–Trinajstić information content (AvgIpc) is 3.36. The second-order valence-corrected chi connectivity index (χ2v) is 12.6. The maximum Gasteiger partial charge on any atom is 0.271 e. The van der Waals surface area contributed by atoms with E-state index in [-0.39, 0.29) is 44.1 Å². The Labute approximate surface area is 259 Å². The summed E-state index contributed by atoms with van der Waals surface area (Å²) in [6, 6.07) is 13.9. The first-order valence-electron chi connectivity index (χ1n) is 15.4. The molecule has 11 heteroatoms. The highest BCUT2D eigenvalue weighted by molar-refractivity contribution is 6.02. The molecular formula is C34H37F2N3O6. The number of likely N-dealkylation sites (tertiary alicyclic amines) is 1. The standard InChI is InChI=1S/C34H37F2N3O6/c1-44-30-13-7-11-24-23(30)15-26(37-24)32(43)39-20-33(19-34(33,35)36)16-27(39)31(42)38-25(14-22-10-5-6-12-28(22)40)29(41)18-45-17-21-8-3-2-4-9-21/h2-4,7-9,11,13,15,22,25,27,37H,5-6,10,12,14,16-20H2,1H3,(H,38,42). The molecule has 3 fully saturated rings. The molecule has 2 saturated carbocycles. The van der Waals surface area contributed by atoms with Crippen molar-refractivity contribution in [2.45, 2.75) is 69.6 Å². The van der Waals surface area contributed by atoms with E-state index in [2.05, 4.69) is 10.3 Å². The molecule has 0 radical (unpaired) electrons. The third-order valence-corrected chi connectivity index (χ3v) is 9.54.